The lowest BCUT2D eigenvalue weighted by atomic mass is 10.1. The highest BCUT2D eigenvalue weighted by Crippen LogP contribution is 2.21. The standard InChI is InChI=1S/C17H23N3O/c1-3-19(2)17(21)12-20-9-8-14-5-4-13(10-16(14)20)11-18-15-6-7-15/h4-5,8-10,15,18H,3,6-7,11-12H2,1-2H3. The second-order valence-electron chi connectivity index (χ2n) is 5.90. The summed E-state index contributed by atoms with van der Waals surface area (Å²) in [7, 11) is 1.85. The van der Waals surface area contributed by atoms with Crippen molar-refractivity contribution in [3.63, 3.8) is 0 Å². The van der Waals surface area contributed by atoms with E-state index in [0.717, 1.165) is 18.6 Å². The van der Waals surface area contributed by atoms with Gasteiger partial charge in [-0.1, -0.05) is 12.1 Å². The Hall–Kier alpha value is -1.81. The summed E-state index contributed by atoms with van der Waals surface area (Å²) in [5.74, 6) is 0.150. The summed E-state index contributed by atoms with van der Waals surface area (Å²) in [6.45, 7) is 4.06. The van der Waals surface area contributed by atoms with Gasteiger partial charge in [0, 0.05) is 37.9 Å². The van der Waals surface area contributed by atoms with E-state index in [1.807, 2.05) is 24.7 Å². The number of likely N-dealkylation sites (N-methyl/N-ethyl adjacent to an activating group) is 1. The average Bonchev–Trinajstić information content (AvgIpc) is 3.26. The molecule has 1 N–H and O–H groups in total. The smallest absolute Gasteiger partial charge is 0.242 e. The molecular formula is C17H23N3O. The summed E-state index contributed by atoms with van der Waals surface area (Å²) in [5, 5.41) is 4.72. The van der Waals surface area contributed by atoms with E-state index < -0.39 is 0 Å². The molecule has 0 spiro atoms. The van der Waals surface area contributed by atoms with Crippen molar-refractivity contribution in [1.29, 1.82) is 0 Å². The Morgan fingerprint density at radius 2 is 2.19 bits per heavy atom. The van der Waals surface area contributed by atoms with Crippen LogP contribution in [0, 0.1) is 0 Å². The molecule has 0 radical (unpaired) electrons. The number of hydrogen-bond acceptors (Lipinski definition) is 2. The lowest BCUT2D eigenvalue weighted by Crippen LogP contribution is -2.29. The first kappa shape index (κ1) is 14.1. The molecule has 1 amide bonds. The normalized spacial score (nSPS) is 14.6. The third kappa shape index (κ3) is 3.27. The number of nitrogens with zero attached hydrogens (tertiary/aromatic N) is 2. The molecule has 0 atom stereocenters. The number of aromatic nitrogens is 1. The first-order valence-electron chi connectivity index (χ1n) is 7.72. The van der Waals surface area contributed by atoms with Crippen LogP contribution in [0.15, 0.2) is 30.5 Å². The van der Waals surface area contributed by atoms with Gasteiger partial charge in [0.05, 0.1) is 0 Å². The molecule has 4 nitrogen and oxygen atoms in total. The van der Waals surface area contributed by atoms with Crippen LogP contribution in [-0.4, -0.2) is 35.0 Å². The van der Waals surface area contributed by atoms with Gasteiger partial charge in [-0.25, -0.2) is 0 Å². The Bertz CT molecular complexity index is 643. The molecule has 0 saturated heterocycles. The number of fused-ring (bicyclic) bond motifs is 1. The summed E-state index contributed by atoms with van der Waals surface area (Å²) in [6, 6.07) is 9.30. The van der Waals surface area contributed by atoms with E-state index in [2.05, 4.69) is 29.6 Å². The van der Waals surface area contributed by atoms with Gasteiger partial charge in [0.15, 0.2) is 0 Å². The number of carbonyl (C=O) groups is 1. The molecule has 1 aromatic carbocycles. The number of rotatable bonds is 6. The van der Waals surface area contributed by atoms with E-state index in [9.17, 15) is 4.79 Å². The Morgan fingerprint density at radius 1 is 1.38 bits per heavy atom. The van der Waals surface area contributed by atoms with Gasteiger partial charge in [-0.3, -0.25) is 4.79 Å². The molecule has 0 bridgehead atoms. The van der Waals surface area contributed by atoms with Gasteiger partial charge >= 0.3 is 0 Å². The maximum absolute atomic E-state index is 12.1. The molecule has 0 aliphatic heterocycles. The van der Waals surface area contributed by atoms with E-state index in [1.54, 1.807) is 4.90 Å². The van der Waals surface area contributed by atoms with Crippen LogP contribution in [0.25, 0.3) is 10.9 Å². The summed E-state index contributed by atoms with van der Waals surface area (Å²) < 4.78 is 2.05. The van der Waals surface area contributed by atoms with Crippen molar-refractivity contribution in [2.75, 3.05) is 13.6 Å². The van der Waals surface area contributed by atoms with Crippen LogP contribution >= 0.6 is 0 Å². The summed E-state index contributed by atoms with van der Waals surface area (Å²) >= 11 is 0. The van der Waals surface area contributed by atoms with Crippen LogP contribution in [0.3, 0.4) is 0 Å². The van der Waals surface area contributed by atoms with Gasteiger partial charge in [-0.2, -0.15) is 0 Å². The number of hydrogen-bond donors (Lipinski definition) is 1. The second-order valence-corrected chi connectivity index (χ2v) is 5.90. The lowest BCUT2D eigenvalue weighted by Gasteiger charge is -2.15. The minimum absolute atomic E-state index is 0.150. The highest BCUT2D eigenvalue weighted by molar-refractivity contribution is 5.83. The minimum Gasteiger partial charge on any atom is -0.344 e. The summed E-state index contributed by atoms with van der Waals surface area (Å²) in [5.41, 5.74) is 2.42. The molecule has 2 aromatic rings. The van der Waals surface area contributed by atoms with E-state index in [1.165, 1.54) is 23.8 Å². The Labute approximate surface area is 125 Å². The minimum atomic E-state index is 0.150. The van der Waals surface area contributed by atoms with E-state index in [4.69, 9.17) is 0 Å². The van der Waals surface area contributed by atoms with Crippen LogP contribution < -0.4 is 5.32 Å². The van der Waals surface area contributed by atoms with Crippen molar-refractivity contribution in [3.8, 4) is 0 Å². The first-order valence-corrected chi connectivity index (χ1v) is 7.72. The molecule has 1 aliphatic carbocycles. The Balaban J connectivity index is 1.77. The maximum atomic E-state index is 12.1. The fraction of sp³-hybridized carbons (Fsp3) is 0.471. The average molecular weight is 285 g/mol. The van der Waals surface area contributed by atoms with Crippen LogP contribution in [0.1, 0.15) is 25.3 Å². The van der Waals surface area contributed by atoms with Crippen molar-refractivity contribution < 1.29 is 4.79 Å². The fourth-order valence-corrected chi connectivity index (χ4v) is 2.47. The van der Waals surface area contributed by atoms with Crippen molar-refractivity contribution in [3.05, 3.63) is 36.0 Å². The number of nitrogens with one attached hydrogen (secondary N) is 1. The van der Waals surface area contributed by atoms with Gasteiger partial charge in [0.1, 0.15) is 6.54 Å². The molecule has 1 aliphatic rings. The van der Waals surface area contributed by atoms with Crippen LogP contribution in [0.5, 0.6) is 0 Å². The third-order valence-corrected chi connectivity index (χ3v) is 4.22. The van der Waals surface area contributed by atoms with Crippen molar-refractivity contribution in [1.82, 2.24) is 14.8 Å². The monoisotopic (exact) mass is 285 g/mol. The van der Waals surface area contributed by atoms with Gasteiger partial charge < -0.3 is 14.8 Å². The molecule has 112 valence electrons. The van der Waals surface area contributed by atoms with Gasteiger partial charge in [-0.15, -0.1) is 0 Å². The molecule has 4 heteroatoms. The topological polar surface area (TPSA) is 37.3 Å². The third-order valence-electron chi connectivity index (χ3n) is 4.22. The highest BCUT2D eigenvalue weighted by atomic mass is 16.2. The molecule has 0 unspecified atom stereocenters. The number of benzene rings is 1. The van der Waals surface area contributed by atoms with Crippen molar-refractivity contribution in [2.24, 2.45) is 0 Å². The Kier molecular flexibility index (Phi) is 3.97. The fourth-order valence-electron chi connectivity index (χ4n) is 2.47. The first-order chi connectivity index (χ1) is 10.2. The maximum Gasteiger partial charge on any atom is 0.242 e. The van der Waals surface area contributed by atoms with Gasteiger partial charge in [0.25, 0.3) is 0 Å². The summed E-state index contributed by atoms with van der Waals surface area (Å²) in [4.78, 5) is 13.8. The van der Waals surface area contributed by atoms with Gasteiger partial charge in [-0.05, 0) is 42.8 Å². The molecule has 1 fully saturated rings. The van der Waals surface area contributed by atoms with E-state index in [0.29, 0.717) is 12.6 Å². The van der Waals surface area contributed by atoms with E-state index in [-0.39, 0.29) is 5.91 Å². The number of carbonyl (C=O) groups excluding carboxylic acids is 1. The SMILES string of the molecule is CCN(C)C(=O)Cn1ccc2ccc(CNC3CC3)cc21. The van der Waals surface area contributed by atoms with Crippen molar-refractivity contribution in [2.45, 2.75) is 38.9 Å². The number of amides is 1. The summed E-state index contributed by atoms with van der Waals surface area (Å²) in [6.07, 6.45) is 4.61. The molecule has 1 saturated carbocycles. The van der Waals surface area contributed by atoms with Crippen LogP contribution in [0.2, 0.25) is 0 Å². The zero-order valence-electron chi connectivity index (χ0n) is 12.8. The van der Waals surface area contributed by atoms with E-state index >= 15 is 0 Å². The lowest BCUT2D eigenvalue weighted by molar-refractivity contribution is -0.130. The van der Waals surface area contributed by atoms with Crippen molar-refractivity contribution >= 4 is 16.8 Å². The molecule has 1 aromatic heterocycles. The molecule has 1 heterocycles. The quantitative estimate of drug-likeness (QED) is 0.885. The molecule has 21 heavy (non-hydrogen) atoms. The van der Waals surface area contributed by atoms with Crippen LogP contribution in [0.4, 0.5) is 0 Å². The predicted octanol–water partition coefficient (Wildman–Crippen LogP) is 2.37. The largest absolute Gasteiger partial charge is 0.344 e. The Morgan fingerprint density at radius 3 is 2.90 bits per heavy atom. The molecular weight excluding hydrogens is 262 g/mol. The second kappa shape index (κ2) is 5.90. The van der Waals surface area contributed by atoms with Crippen LogP contribution in [-0.2, 0) is 17.9 Å². The van der Waals surface area contributed by atoms with Gasteiger partial charge in [0.2, 0.25) is 5.91 Å². The highest BCUT2D eigenvalue weighted by Gasteiger charge is 2.20. The zero-order valence-corrected chi connectivity index (χ0v) is 12.8. The zero-order chi connectivity index (χ0) is 14.8. The predicted molar refractivity (Wildman–Crippen MR) is 85.1 cm³/mol. The molecule has 3 rings (SSSR count).